The van der Waals surface area contributed by atoms with Gasteiger partial charge in [-0.3, -0.25) is 4.98 Å². The summed E-state index contributed by atoms with van der Waals surface area (Å²) < 4.78 is 0. The first-order chi connectivity index (χ1) is 8.42. The molecule has 3 rings (SSSR count). The summed E-state index contributed by atoms with van der Waals surface area (Å²) in [6.45, 7) is 1.18. The van der Waals surface area contributed by atoms with Crippen LogP contribution < -0.4 is 5.32 Å². The van der Waals surface area contributed by atoms with Crippen LogP contribution in [0.1, 0.15) is 24.8 Å². The molecule has 1 fully saturated rings. The van der Waals surface area contributed by atoms with Gasteiger partial charge in [-0.05, 0) is 48.9 Å². The molecular formula is C15H18N2. The number of nitrogens with one attached hydrogen (secondary N) is 1. The molecule has 1 aliphatic heterocycles. The highest BCUT2D eigenvalue weighted by Gasteiger charge is 2.12. The van der Waals surface area contributed by atoms with Crippen molar-refractivity contribution in [3.63, 3.8) is 0 Å². The molecule has 88 valence electrons. The standard InChI is InChI=1S/C15H18N2/c1-2-7-17-15(3-1)10-12-4-5-13-6-8-16-11-14(13)9-12/h4-6,8-9,11,15,17H,1-3,7,10H2. The predicted octanol–water partition coefficient (Wildman–Crippen LogP) is 2.92. The van der Waals surface area contributed by atoms with E-state index in [-0.39, 0.29) is 0 Å². The summed E-state index contributed by atoms with van der Waals surface area (Å²) in [7, 11) is 0. The summed E-state index contributed by atoms with van der Waals surface area (Å²) in [6, 6.07) is 9.46. The third kappa shape index (κ3) is 2.47. The second-order valence-electron chi connectivity index (χ2n) is 4.91. The third-order valence-electron chi connectivity index (χ3n) is 3.60. The molecule has 0 amide bonds. The molecule has 2 nitrogen and oxygen atoms in total. The minimum Gasteiger partial charge on any atom is -0.314 e. The van der Waals surface area contributed by atoms with Crippen molar-refractivity contribution in [1.82, 2.24) is 10.3 Å². The minimum absolute atomic E-state index is 0.665. The minimum atomic E-state index is 0.665. The summed E-state index contributed by atoms with van der Waals surface area (Å²) in [5.41, 5.74) is 1.42. The molecule has 0 aliphatic carbocycles. The van der Waals surface area contributed by atoms with Crippen molar-refractivity contribution < 1.29 is 0 Å². The van der Waals surface area contributed by atoms with Gasteiger partial charge < -0.3 is 5.32 Å². The fourth-order valence-corrected chi connectivity index (χ4v) is 2.64. The van der Waals surface area contributed by atoms with Crippen LogP contribution in [0.5, 0.6) is 0 Å². The molecule has 2 heteroatoms. The van der Waals surface area contributed by atoms with E-state index in [0.29, 0.717) is 6.04 Å². The zero-order valence-electron chi connectivity index (χ0n) is 10.0. The zero-order chi connectivity index (χ0) is 11.5. The van der Waals surface area contributed by atoms with Gasteiger partial charge in [0.15, 0.2) is 0 Å². The Bertz CT molecular complexity index is 501. The Morgan fingerprint density at radius 1 is 1.18 bits per heavy atom. The maximum absolute atomic E-state index is 4.19. The van der Waals surface area contributed by atoms with E-state index in [1.165, 1.54) is 42.1 Å². The second kappa shape index (κ2) is 4.84. The van der Waals surface area contributed by atoms with Gasteiger partial charge in [-0.25, -0.2) is 0 Å². The molecule has 17 heavy (non-hydrogen) atoms. The summed E-state index contributed by atoms with van der Waals surface area (Å²) >= 11 is 0. The van der Waals surface area contributed by atoms with Gasteiger partial charge in [0, 0.05) is 23.8 Å². The number of fused-ring (bicyclic) bond motifs is 1. The van der Waals surface area contributed by atoms with Crippen molar-refractivity contribution in [3.8, 4) is 0 Å². The van der Waals surface area contributed by atoms with Crippen molar-refractivity contribution >= 4 is 10.8 Å². The molecule has 1 atom stereocenters. The van der Waals surface area contributed by atoms with Gasteiger partial charge in [0.25, 0.3) is 0 Å². The monoisotopic (exact) mass is 226 g/mol. The van der Waals surface area contributed by atoms with Gasteiger partial charge in [-0.15, -0.1) is 0 Å². The molecule has 1 N–H and O–H groups in total. The van der Waals surface area contributed by atoms with Crippen LogP contribution in [0.25, 0.3) is 10.8 Å². The van der Waals surface area contributed by atoms with Crippen molar-refractivity contribution in [2.45, 2.75) is 31.7 Å². The molecule has 1 unspecified atom stereocenters. The van der Waals surface area contributed by atoms with Crippen LogP contribution in [-0.2, 0) is 6.42 Å². The van der Waals surface area contributed by atoms with Crippen molar-refractivity contribution in [2.75, 3.05) is 6.54 Å². The normalized spacial score (nSPS) is 20.6. The predicted molar refractivity (Wildman–Crippen MR) is 71.1 cm³/mol. The SMILES string of the molecule is c1cc2ccc(CC3CCCCN3)cc2cn1. The van der Waals surface area contributed by atoms with Crippen LogP contribution in [0.3, 0.4) is 0 Å². The highest BCUT2D eigenvalue weighted by atomic mass is 14.9. The highest BCUT2D eigenvalue weighted by molar-refractivity contribution is 5.81. The fourth-order valence-electron chi connectivity index (χ4n) is 2.64. The summed E-state index contributed by atoms with van der Waals surface area (Å²) in [5, 5.41) is 6.13. The summed E-state index contributed by atoms with van der Waals surface area (Å²) in [6.07, 6.45) is 8.96. The lowest BCUT2D eigenvalue weighted by atomic mass is 9.97. The van der Waals surface area contributed by atoms with Crippen LogP contribution in [0.2, 0.25) is 0 Å². The fraction of sp³-hybridized carbons (Fsp3) is 0.400. The van der Waals surface area contributed by atoms with Gasteiger partial charge >= 0.3 is 0 Å². The Labute approximate surface area is 102 Å². The van der Waals surface area contributed by atoms with Crippen LogP contribution >= 0.6 is 0 Å². The average molecular weight is 226 g/mol. The van der Waals surface area contributed by atoms with Crippen molar-refractivity contribution in [1.29, 1.82) is 0 Å². The molecule has 1 saturated heterocycles. The van der Waals surface area contributed by atoms with E-state index >= 15 is 0 Å². The van der Waals surface area contributed by atoms with Crippen molar-refractivity contribution in [3.05, 3.63) is 42.2 Å². The Morgan fingerprint density at radius 2 is 2.18 bits per heavy atom. The summed E-state index contributed by atoms with van der Waals surface area (Å²) in [5.74, 6) is 0. The van der Waals surface area contributed by atoms with Crippen LogP contribution in [0, 0.1) is 0 Å². The average Bonchev–Trinajstić information content (AvgIpc) is 2.40. The number of aromatic nitrogens is 1. The number of hydrogen-bond donors (Lipinski definition) is 1. The maximum atomic E-state index is 4.19. The Kier molecular flexibility index (Phi) is 3.06. The van der Waals surface area contributed by atoms with Crippen LogP contribution in [0.15, 0.2) is 36.7 Å². The molecule has 1 aromatic heterocycles. The van der Waals surface area contributed by atoms with Gasteiger partial charge in [-0.2, -0.15) is 0 Å². The first kappa shape index (κ1) is 10.7. The molecule has 1 aliphatic rings. The number of piperidine rings is 1. The maximum Gasteiger partial charge on any atom is 0.0346 e. The van der Waals surface area contributed by atoms with E-state index in [0.717, 1.165) is 6.42 Å². The van der Waals surface area contributed by atoms with Gasteiger partial charge in [0.2, 0.25) is 0 Å². The molecule has 2 heterocycles. The lowest BCUT2D eigenvalue weighted by Gasteiger charge is -2.23. The molecule has 0 saturated carbocycles. The quantitative estimate of drug-likeness (QED) is 0.851. The van der Waals surface area contributed by atoms with E-state index in [4.69, 9.17) is 0 Å². The Balaban J connectivity index is 1.80. The number of hydrogen-bond acceptors (Lipinski definition) is 2. The summed E-state index contributed by atoms with van der Waals surface area (Å²) in [4.78, 5) is 4.19. The largest absolute Gasteiger partial charge is 0.314 e. The molecular weight excluding hydrogens is 208 g/mol. The first-order valence-electron chi connectivity index (χ1n) is 6.48. The smallest absolute Gasteiger partial charge is 0.0346 e. The third-order valence-corrected chi connectivity index (χ3v) is 3.60. The van der Waals surface area contributed by atoms with Gasteiger partial charge in [-0.1, -0.05) is 18.6 Å². The first-order valence-corrected chi connectivity index (χ1v) is 6.48. The zero-order valence-corrected chi connectivity index (χ0v) is 10.0. The number of nitrogens with zero attached hydrogens (tertiary/aromatic N) is 1. The number of benzene rings is 1. The lowest BCUT2D eigenvalue weighted by Crippen LogP contribution is -2.35. The molecule has 1 aromatic carbocycles. The molecule has 0 spiro atoms. The van der Waals surface area contributed by atoms with Crippen LogP contribution in [0.4, 0.5) is 0 Å². The second-order valence-corrected chi connectivity index (χ2v) is 4.91. The van der Waals surface area contributed by atoms with E-state index in [9.17, 15) is 0 Å². The molecule has 0 bridgehead atoms. The van der Waals surface area contributed by atoms with Crippen molar-refractivity contribution in [2.24, 2.45) is 0 Å². The highest BCUT2D eigenvalue weighted by Crippen LogP contribution is 2.18. The van der Waals surface area contributed by atoms with E-state index in [1.807, 2.05) is 12.4 Å². The Hall–Kier alpha value is -1.41. The van der Waals surface area contributed by atoms with E-state index in [2.05, 4.69) is 34.6 Å². The van der Waals surface area contributed by atoms with E-state index < -0.39 is 0 Å². The van der Waals surface area contributed by atoms with Gasteiger partial charge in [0.1, 0.15) is 0 Å². The van der Waals surface area contributed by atoms with Gasteiger partial charge in [0.05, 0.1) is 0 Å². The number of pyridine rings is 1. The Morgan fingerprint density at radius 3 is 3.06 bits per heavy atom. The molecule has 2 aromatic rings. The molecule has 0 radical (unpaired) electrons. The number of rotatable bonds is 2. The van der Waals surface area contributed by atoms with Crippen LogP contribution in [-0.4, -0.2) is 17.6 Å². The van der Waals surface area contributed by atoms with E-state index in [1.54, 1.807) is 0 Å². The lowest BCUT2D eigenvalue weighted by molar-refractivity contribution is 0.399. The topological polar surface area (TPSA) is 24.9 Å².